The van der Waals surface area contributed by atoms with Crippen LogP contribution in [0.3, 0.4) is 0 Å². The molecule has 2 heterocycles. The van der Waals surface area contributed by atoms with Crippen molar-refractivity contribution in [3.8, 4) is 17.0 Å². The Kier molecular flexibility index (Phi) is 5.01. The quantitative estimate of drug-likeness (QED) is 0.865. The fraction of sp³-hybridized carbons (Fsp3) is 0.412. The van der Waals surface area contributed by atoms with E-state index in [1.807, 2.05) is 4.90 Å². The first kappa shape index (κ1) is 18.4. The average molecular weight is 369 g/mol. The first-order chi connectivity index (χ1) is 12.3. The number of halogens is 3. The molecule has 9 heteroatoms. The zero-order chi connectivity index (χ0) is 18.9. The summed E-state index contributed by atoms with van der Waals surface area (Å²) in [5.74, 6) is -0.0262. The van der Waals surface area contributed by atoms with Gasteiger partial charge in [-0.25, -0.2) is 0 Å². The minimum absolute atomic E-state index is 0.0643. The van der Waals surface area contributed by atoms with E-state index >= 15 is 0 Å². The molecule has 1 aliphatic heterocycles. The largest absolute Gasteiger partial charge is 0.507 e. The van der Waals surface area contributed by atoms with Crippen molar-refractivity contribution in [3.05, 3.63) is 35.4 Å². The Morgan fingerprint density at radius 2 is 2.04 bits per heavy atom. The van der Waals surface area contributed by atoms with Gasteiger partial charge in [0.05, 0.1) is 36.1 Å². The Hall–Kier alpha value is -2.39. The zero-order valence-electron chi connectivity index (χ0n) is 14.0. The van der Waals surface area contributed by atoms with E-state index in [2.05, 4.69) is 10.2 Å². The van der Waals surface area contributed by atoms with Crippen LogP contribution in [0.25, 0.3) is 11.3 Å². The number of aromatic nitrogens is 2. The lowest BCUT2D eigenvalue weighted by molar-refractivity contribution is -0.137. The summed E-state index contributed by atoms with van der Waals surface area (Å²) in [4.78, 5) is 1.83. The van der Waals surface area contributed by atoms with Crippen molar-refractivity contribution in [3.63, 3.8) is 0 Å². The van der Waals surface area contributed by atoms with Gasteiger partial charge >= 0.3 is 6.18 Å². The summed E-state index contributed by atoms with van der Waals surface area (Å²) in [6.07, 6.45) is -4.97. The Morgan fingerprint density at radius 3 is 2.65 bits per heavy atom. The molecule has 0 spiro atoms. The highest BCUT2D eigenvalue weighted by molar-refractivity contribution is 5.72. The standard InChI is InChI=1S/C17H18F3N3O3/c1-10-6-12(17(18,19)20)16(14(25)7-10)13-2-3-15(22-21-13)23-4-5-26-11(8-23)9-24/h2-3,6-7,11,24-25H,4-5,8-9H2,1H3/t11-/m0/s1. The molecule has 0 unspecified atom stereocenters. The number of phenolic OH excluding ortho intramolecular Hbond substituents is 1. The highest BCUT2D eigenvalue weighted by Gasteiger charge is 2.36. The number of alkyl halides is 3. The monoisotopic (exact) mass is 369 g/mol. The molecule has 0 amide bonds. The second-order valence-corrected chi connectivity index (χ2v) is 6.10. The van der Waals surface area contributed by atoms with Gasteiger partial charge in [-0.2, -0.15) is 13.2 Å². The number of anilines is 1. The minimum Gasteiger partial charge on any atom is -0.507 e. The zero-order valence-corrected chi connectivity index (χ0v) is 14.0. The first-order valence-corrected chi connectivity index (χ1v) is 8.02. The van der Waals surface area contributed by atoms with Gasteiger partial charge in [0.2, 0.25) is 0 Å². The molecule has 0 saturated carbocycles. The molecule has 2 N–H and O–H groups in total. The van der Waals surface area contributed by atoms with Crippen LogP contribution >= 0.6 is 0 Å². The smallest absolute Gasteiger partial charge is 0.417 e. The van der Waals surface area contributed by atoms with Crippen molar-refractivity contribution >= 4 is 5.82 Å². The number of aliphatic hydroxyl groups is 1. The molecule has 2 aromatic rings. The van der Waals surface area contributed by atoms with Gasteiger partial charge in [-0.05, 0) is 36.8 Å². The summed E-state index contributed by atoms with van der Waals surface area (Å²) in [6.45, 7) is 2.70. The van der Waals surface area contributed by atoms with E-state index in [1.165, 1.54) is 19.1 Å². The van der Waals surface area contributed by atoms with Crippen molar-refractivity contribution in [2.75, 3.05) is 31.2 Å². The van der Waals surface area contributed by atoms with E-state index in [0.717, 1.165) is 6.07 Å². The molecule has 1 aromatic heterocycles. The molecule has 26 heavy (non-hydrogen) atoms. The van der Waals surface area contributed by atoms with Gasteiger partial charge < -0.3 is 19.8 Å². The third-order valence-electron chi connectivity index (χ3n) is 4.14. The fourth-order valence-corrected chi connectivity index (χ4v) is 2.93. The Labute approximate surface area is 147 Å². The third-order valence-corrected chi connectivity index (χ3v) is 4.14. The van der Waals surface area contributed by atoms with Crippen LogP contribution in [-0.4, -0.2) is 52.8 Å². The number of aliphatic hydroxyl groups excluding tert-OH is 1. The number of hydrogen-bond acceptors (Lipinski definition) is 6. The van der Waals surface area contributed by atoms with E-state index in [1.54, 1.807) is 6.07 Å². The predicted octanol–water partition coefficient (Wildman–Crippen LogP) is 2.37. The maximum atomic E-state index is 13.3. The van der Waals surface area contributed by atoms with Gasteiger partial charge in [-0.15, -0.1) is 10.2 Å². The normalized spacial score (nSPS) is 18.2. The van der Waals surface area contributed by atoms with Crippen molar-refractivity contribution in [1.82, 2.24) is 10.2 Å². The van der Waals surface area contributed by atoms with Crippen LogP contribution in [0.15, 0.2) is 24.3 Å². The number of ether oxygens (including phenoxy) is 1. The lowest BCUT2D eigenvalue weighted by Gasteiger charge is -2.32. The minimum atomic E-state index is -4.63. The average Bonchev–Trinajstić information content (AvgIpc) is 2.60. The summed E-state index contributed by atoms with van der Waals surface area (Å²) >= 11 is 0. The molecule has 3 rings (SSSR count). The molecule has 140 valence electrons. The van der Waals surface area contributed by atoms with E-state index in [4.69, 9.17) is 4.74 Å². The number of aryl methyl sites for hydroxylation is 1. The molecular weight excluding hydrogens is 351 g/mol. The number of nitrogens with zero attached hydrogens (tertiary/aromatic N) is 3. The fourth-order valence-electron chi connectivity index (χ4n) is 2.93. The maximum absolute atomic E-state index is 13.3. The molecule has 6 nitrogen and oxygen atoms in total. The van der Waals surface area contributed by atoms with Crippen LogP contribution < -0.4 is 4.90 Å². The summed E-state index contributed by atoms with van der Waals surface area (Å²) < 4.78 is 45.4. The number of benzene rings is 1. The predicted molar refractivity (Wildman–Crippen MR) is 87.9 cm³/mol. The van der Waals surface area contributed by atoms with Gasteiger partial charge in [0.1, 0.15) is 5.75 Å². The van der Waals surface area contributed by atoms with E-state index in [-0.39, 0.29) is 18.4 Å². The first-order valence-electron chi connectivity index (χ1n) is 8.02. The number of aromatic hydroxyl groups is 1. The summed E-state index contributed by atoms with van der Waals surface area (Å²) in [7, 11) is 0. The van der Waals surface area contributed by atoms with Crippen LogP contribution in [0.2, 0.25) is 0 Å². The van der Waals surface area contributed by atoms with Crippen LogP contribution in [0.5, 0.6) is 5.75 Å². The van der Waals surface area contributed by atoms with Crippen molar-refractivity contribution in [2.24, 2.45) is 0 Å². The highest BCUT2D eigenvalue weighted by atomic mass is 19.4. The topological polar surface area (TPSA) is 78.7 Å². The molecule has 1 atom stereocenters. The summed E-state index contributed by atoms with van der Waals surface area (Å²) in [5.41, 5.74) is -1.11. The van der Waals surface area contributed by atoms with Gasteiger partial charge in [-0.1, -0.05) is 0 Å². The third kappa shape index (κ3) is 3.73. The molecule has 0 radical (unpaired) electrons. The Bertz CT molecular complexity index is 781. The number of hydrogen-bond donors (Lipinski definition) is 2. The van der Waals surface area contributed by atoms with E-state index in [0.29, 0.717) is 31.1 Å². The highest BCUT2D eigenvalue weighted by Crippen LogP contribution is 2.41. The van der Waals surface area contributed by atoms with Crippen LogP contribution in [0, 0.1) is 6.92 Å². The van der Waals surface area contributed by atoms with Gasteiger partial charge in [0.25, 0.3) is 0 Å². The number of rotatable bonds is 3. The molecule has 1 aliphatic rings. The lowest BCUT2D eigenvalue weighted by atomic mass is 9.99. The second kappa shape index (κ2) is 7.08. The number of morpholine rings is 1. The molecule has 0 bridgehead atoms. The SMILES string of the molecule is Cc1cc(O)c(-c2ccc(N3CCO[C@H](CO)C3)nn2)c(C(F)(F)F)c1. The number of phenols is 1. The Balaban J connectivity index is 1.94. The summed E-state index contributed by atoms with van der Waals surface area (Å²) in [6, 6.07) is 5.17. The van der Waals surface area contributed by atoms with Crippen LogP contribution in [-0.2, 0) is 10.9 Å². The second-order valence-electron chi connectivity index (χ2n) is 6.10. The maximum Gasteiger partial charge on any atom is 0.417 e. The van der Waals surface area contributed by atoms with E-state index in [9.17, 15) is 23.4 Å². The van der Waals surface area contributed by atoms with Crippen molar-refractivity contribution < 1.29 is 28.1 Å². The van der Waals surface area contributed by atoms with Crippen LogP contribution in [0.4, 0.5) is 19.0 Å². The van der Waals surface area contributed by atoms with Crippen LogP contribution in [0.1, 0.15) is 11.1 Å². The van der Waals surface area contributed by atoms with Crippen molar-refractivity contribution in [1.29, 1.82) is 0 Å². The Morgan fingerprint density at radius 1 is 1.27 bits per heavy atom. The van der Waals surface area contributed by atoms with Gasteiger partial charge in [0.15, 0.2) is 5.82 Å². The molecule has 1 aromatic carbocycles. The molecule has 0 aliphatic carbocycles. The lowest BCUT2D eigenvalue weighted by Crippen LogP contribution is -2.44. The summed E-state index contributed by atoms with van der Waals surface area (Å²) in [5, 5.41) is 27.1. The van der Waals surface area contributed by atoms with Crippen molar-refractivity contribution in [2.45, 2.75) is 19.2 Å². The van der Waals surface area contributed by atoms with E-state index < -0.39 is 23.1 Å². The van der Waals surface area contributed by atoms with Gasteiger partial charge in [-0.3, -0.25) is 0 Å². The molecule has 1 saturated heterocycles. The molecular formula is C17H18F3N3O3. The van der Waals surface area contributed by atoms with Gasteiger partial charge in [0, 0.05) is 13.1 Å². The molecule has 1 fully saturated rings.